The van der Waals surface area contributed by atoms with E-state index in [0.717, 1.165) is 4.88 Å². The van der Waals surface area contributed by atoms with Gasteiger partial charge in [0.05, 0.1) is 7.11 Å². The van der Waals surface area contributed by atoms with E-state index in [4.69, 9.17) is 9.47 Å². The van der Waals surface area contributed by atoms with E-state index in [1.807, 2.05) is 20.8 Å². The van der Waals surface area contributed by atoms with Gasteiger partial charge in [0.2, 0.25) is 0 Å². The van der Waals surface area contributed by atoms with Crippen LogP contribution in [0.4, 0.5) is 0 Å². The molecule has 0 amide bonds. The van der Waals surface area contributed by atoms with Crippen molar-refractivity contribution in [1.82, 2.24) is 0 Å². The van der Waals surface area contributed by atoms with Crippen LogP contribution in [0.5, 0.6) is 5.75 Å². The number of carbonyl (C=O) groups is 2. The largest absolute Gasteiger partial charge is 0.496 e. The molecule has 0 aliphatic heterocycles. The Hall–Kier alpha value is -2.34. The molecule has 0 radical (unpaired) electrons. The lowest BCUT2D eigenvalue weighted by atomic mass is 10.1. The number of benzene rings is 1. The number of carboxylic acids is 1. The number of carbonyl (C=O) groups excluding carboxylic acids is 1. The maximum atomic E-state index is 12.1. The number of ether oxygens (including phenoxy) is 2. The Morgan fingerprint density at radius 1 is 1.13 bits per heavy atom. The molecule has 0 saturated heterocycles. The first kappa shape index (κ1) is 17.0. The van der Waals surface area contributed by atoms with Gasteiger partial charge >= 0.3 is 11.9 Å². The normalized spacial score (nSPS) is 11.1. The Morgan fingerprint density at radius 2 is 1.83 bits per heavy atom. The summed E-state index contributed by atoms with van der Waals surface area (Å²) in [7, 11) is 1.42. The number of esters is 1. The molecule has 0 saturated carbocycles. The Kier molecular flexibility index (Phi) is 4.75. The van der Waals surface area contributed by atoms with Gasteiger partial charge in [-0.2, -0.15) is 0 Å². The van der Waals surface area contributed by atoms with E-state index in [9.17, 15) is 14.7 Å². The Balaban J connectivity index is 2.32. The Bertz CT molecular complexity index is 740. The van der Waals surface area contributed by atoms with E-state index in [1.54, 1.807) is 24.3 Å². The fourth-order valence-electron chi connectivity index (χ4n) is 1.96. The van der Waals surface area contributed by atoms with Gasteiger partial charge in [-0.25, -0.2) is 9.59 Å². The lowest BCUT2D eigenvalue weighted by molar-refractivity contribution is 0.00750. The minimum Gasteiger partial charge on any atom is -0.496 e. The lowest BCUT2D eigenvalue weighted by Crippen LogP contribution is -2.23. The average molecular weight is 334 g/mol. The molecule has 0 fully saturated rings. The molecule has 122 valence electrons. The van der Waals surface area contributed by atoms with Crippen molar-refractivity contribution in [2.24, 2.45) is 0 Å². The predicted octanol–water partition coefficient (Wildman–Crippen LogP) is 4.08. The van der Waals surface area contributed by atoms with E-state index in [2.05, 4.69) is 0 Å². The van der Waals surface area contributed by atoms with Gasteiger partial charge in [0.25, 0.3) is 0 Å². The van der Waals surface area contributed by atoms with Crippen LogP contribution in [-0.4, -0.2) is 29.8 Å². The van der Waals surface area contributed by atoms with Gasteiger partial charge in [0.1, 0.15) is 21.8 Å². The van der Waals surface area contributed by atoms with Crippen LogP contribution in [0.2, 0.25) is 0 Å². The second-order valence-electron chi connectivity index (χ2n) is 5.89. The molecule has 0 unspecified atom stereocenters. The van der Waals surface area contributed by atoms with Crippen molar-refractivity contribution in [3.63, 3.8) is 0 Å². The van der Waals surface area contributed by atoms with Crippen LogP contribution in [-0.2, 0) is 4.74 Å². The first-order valence-corrected chi connectivity index (χ1v) is 7.78. The predicted molar refractivity (Wildman–Crippen MR) is 88.4 cm³/mol. The van der Waals surface area contributed by atoms with Gasteiger partial charge in [-0.15, -0.1) is 11.3 Å². The lowest BCUT2D eigenvalue weighted by Gasteiger charge is -2.18. The van der Waals surface area contributed by atoms with Gasteiger partial charge in [0, 0.05) is 4.88 Å². The van der Waals surface area contributed by atoms with Crippen LogP contribution >= 0.6 is 11.3 Å². The summed E-state index contributed by atoms with van der Waals surface area (Å²) in [6.07, 6.45) is 0. The molecular formula is C17H18O5S. The second kappa shape index (κ2) is 6.42. The third kappa shape index (κ3) is 4.10. The van der Waals surface area contributed by atoms with E-state index in [-0.39, 0.29) is 11.5 Å². The summed E-state index contributed by atoms with van der Waals surface area (Å²) in [5.74, 6) is -1.15. The zero-order chi connectivity index (χ0) is 17.2. The van der Waals surface area contributed by atoms with Gasteiger partial charge in [0.15, 0.2) is 0 Å². The molecule has 23 heavy (non-hydrogen) atoms. The maximum absolute atomic E-state index is 12.1. The molecule has 2 rings (SSSR count). The van der Waals surface area contributed by atoms with Crippen molar-refractivity contribution in [2.75, 3.05) is 7.11 Å². The summed E-state index contributed by atoms with van der Waals surface area (Å²) in [5.41, 5.74) is 0.234. The van der Waals surface area contributed by atoms with Gasteiger partial charge < -0.3 is 14.6 Å². The molecule has 1 aromatic carbocycles. The summed E-state index contributed by atoms with van der Waals surface area (Å²) in [4.78, 5) is 24.6. The van der Waals surface area contributed by atoms with E-state index in [0.29, 0.717) is 16.2 Å². The van der Waals surface area contributed by atoms with Gasteiger partial charge in [-0.05, 0) is 56.7 Å². The summed E-state index contributed by atoms with van der Waals surface area (Å²) in [6, 6.07) is 8.35. The van der Waals surface area contributed by atoms with Crippen molar-refractivity contribution >= 4 is 23.3 Å². The molecule has 0 bridgehead atoms. The van der Waals surface area contributed by atoms with Crippen LogP contribution in [0.15, 0.2) is 30.3 Å². The Morgan fingerprint density at radius 3 is 2.39 bits per heavy atom. The molecule has 1 aromatic heterocycles. The quantitative estimate of drug-likeness (QED) is 0.853. The summed E-state index contributed by atoms with van der Waals surface area (Å²) < 4.78 is 10.4. The molecule has 2 aromatic rings. The first-order valence-electron chi connectivity index (χ1n) is 6.96. The number of hydrogen-bond donors (Lipinski definition) is 1. The van der Waals surface area contributed by atoms with Crippen molar-refractivity contribution in [3.8, 4) is 16.2 Å². The number of thiophene rings is 1. The summed E-state index contributed by atoms with van der Waals surface area (Å²) in [5, 5.41) is 9.24. The fourth-order valence-corrected chi connectivity index (χ4v) is 2.84. The van der Waals surface area contributed by atoms with E-state index in [1.165, 1.54) is 24.5 Å². The van der Waals surface area contributed by atoms with Crippen LogP contribution in [0.25, 0.3) is 10.4 Å². The molecule has 0 aliphatic carbocycles. The third-order valence-electron chi connectivity index (χ3n) is 2.92. The number of methoxy groups -OCH3 is 1. The molecule has 1 heterocycles. The highest BCUT2D eigenvalue weighted by atomic mass is 32.1. The van der Waals surface area contributed by atoms with Crippen LogP contribution in [0.3, 0.4) is 0 Å². The smallest absolute Gasteiger partial charge is 0.348 e. The zero-order valence-electron chi connectivity index (χ0n) is 13.4. The molecular weight excluding hydrogens is 316 g/mol. The molecule has 0 spiro atoms. The zero-order valence-corrected chi connectivity index (χ0v) is 14.2. The molecule has 0 aliphatic rings. The number of carboxylic acid groups (broad SMARTS) is 1. The van der Waals surface area contributed by atoms with Gasteiger partial charge in [-0.1, -0.05) is 0 Å². The monoisotopic (exact) mass is 334 g/mol. The Labute approximate surface area is 138 Å². The molecule has 5 nitrogen and oxygen atoms in total. The van der Waals surface area contributed by atoms with Crippen molar-refractivity contribution in [1.29, 1.82) is 0 Å². The highest BCUT2D eigenvalue weighted by Gasteiger charge is 2.20. The van der Waals surface area contributed by atoms with Crippen molar-refractivity contribution < 1.29 is 24.2 Å². The number of hydrogen-bond acceptors (Lipinski definition) is 5. The first-order chi connectivity index (χ1) is 10.7. The number of rotatable bonds is 4. The minimum absolute atomic E-state index is 0.0808. The molecule has 1 N–H and O–H groups in total. The minimum atomic E-state index is -1.06. The van der Waals surface area contributed by atoms with Crippen LogP contribution in [0.1, 0.15) is 40.8 Å². The van der Waals surface area contributed by atoms with E-state index >= 15 is 0 Å². The summed E-state index contributed by atoms with van der Waals surface area (Å²) in [6.45, 7) is 5.42. The third-order valence-corrected chi connectivity index (χ3v) is 4.03. The van der Waals surface area contributed by atoms with E-state index < -0.39 is 11.6 Å². The standard InChI is InChI=1S/C17H18O5S/c1-17(2,3)22-16(20)14-8-7-13(23-14)10-5-6-12(21-4)11(9-10)15(18)19/h5-9H,1-4H3,(H,18,19). The van der Waals surface area contributed by atoms with Crippen molar-refractivity contribution in [3.05, 3.63) is 40.8 Å². The highest BCUT2D eigenvalue weighted by molar-refractivity contribution is 7.17. The van der Waals surface area contributed by atoms with Gasteiger partial charge in [-0.3, -0.25) is 0 Å². The average Bonchev–Trinajstić information content (AvgIpc) is 2.94. The summed E-state index contributed by atoms with van der Waals surface area (Å²) >= 11 is 1.26. The maximum Gasteiger partial charge on any atom is 0.348 e. The molecule has 0 atom stereocenters. The number of aromatic carboxylic acids is 1. The SMILES string of the molecule is COc1ccc(-c2ccc(C(=O)OC(C)(C)C)s2)cc1C(=O)O. The second-order valence-corrected chi connectivity index (χ2v) is 6.97. The topological polar surface area (TPSA) is 72.8 Å². The van der Waals surface area contributed by atoms with Crippen LogP contribution < -0.4 is 4.74 Å². The van der Waals surface area contributed by atoms with Crippen LogP contribution in [0, 0.1) is 0 Å². The molecule has 6 heteroatoms. The fraction of sp³-hybridized carbons (Fsp3) is 0.294. The highest BCUT2D eigenvalue weighted by Crippen LogP contribution is 2.32. The van der Waals surface area contributed by atoms with Crippen molar-refractivity contribution in [2.45, 2.75) is 26.4 Å².